The van der Waals surface area contributed by atoms with Gasteiger partial charge in [0.1, 0.15) is 0 Å². The Hall–Kier alpha value is -0.240. The van der Waals surface area contributed by atoms with Gasteiger partial charge in [-0.05, 0) is 93.9 Å². The van der Waals surface area contributed by atoms with Crippen LogP contribution in [0.4, 0.5) is 0 Å². The minimum Gasteiger partial charge on any atom is -0.378 e. The van der Waals surface area contributed by atoms with Gasteiger partial charge in [-0.15, -0.1) is 0 Å². The topological polar surface area (TPSA) is 43.4 Å². The van der Waals surface area contributed by atoms with Crippen molar-refractivity contribution in [3.05, 3.63) is 0 Å². The van der Waals surface area contributed by atoms with Crippen LogP contribution in [0.2, 0.25) is 0 Å². The molecule has 0 saturated carbocycles. The van der Waals surface area contributed by atoms with Gasteiger partial charge in [-0.25, -0.2) is 0 Å². The van der Waals surface area contributed by atoms with Crippen molar-refractivity contribution in [1.29, 1.82) is 0 Å². The van der Waals surface area contributed by atoms with E-state index >= 15 is 0 Å². The Labute approximate surface area is 210 Å². The molecular weight excluding hydrogens is 428 g/mol. The van der Waals surface area contributed by atoms with Gasteiger partial charge < -0.3 is 19.1 Å². The highest BCUT2D eigenvalue weighted by Crippen LogP contribution is 2.42. The summed E-state index contributed by atoms with van der Waals surface area (Å²) in [6, 6.07) is 0. The van der Waals surface area contributed by atoms with E-state index in [1.807, 2.05) is 0 Å². The van der Waals surface area contributed by atoms with Crippen molar-refractivity contribution in [1.82, 2.24) is 10.1 Å². The number of hydrogen-bond donors (Lipinski definition) is 0. The number of ether oxygens (including phenoxy) is 2. The molecule has 2 rings (SSSR count). The first-order chi connectivity index (χ1) is 15.8. The summed E-state index contributed by atoms with van der Waals surface area (Å²) in [5.74, 6) is 0. The van der Waals surface area contributed by atoms with E-state index in [1.54, 1.807) is 14.2 Å². The van der Waals surface area contributed by atoms with Gasteiger partial charge in [0.05, 0.1) is 32.0 Å². The standard InChI is InChI=1S/C28H56N2O4/c1-25(2)18-17-23(21-26(3,4)29(25)31-9)33-19-15-13-11-12-14-16-20-34-24-22-27(5,6)30(32-10)28(24,7)8/h23-24H,11-22H2,1-10H3. The van der Waals surface area contributed by atoms with E-state index in [0.29, 0.717) is 6.10 Å². The molecule has 2 heterocycles. The summed E-state index contributed by atoms with van der Waals surface area (Å²) in [7, 11) is 3.56. The first kappa shape index (κ1) is 30.0. The predicted octanol–water partition coefficient (Wildman–Crippen LogP) is 6.53. The van der Waals surface area contributed by atoms with E-state index in [9.17, 15) is 0 Å². The third kappa shape index (κ3) is 7.63. The SMILES string of the molecule is CON1C(C)(C)CCC(OCCCCCCCCOC2CC(C)(C)N(OC)C2(C)C)CC1(C)C. The fraction of sp³-hybridized carbons (Fsp3) is 1.00. The molecular formula is C28H56N2O4. The van der Waals surface area contributed by atoms with Crippen molar-refractivity contribution in [2.75, 3.05) is 27.4 Å². The summed E-state index contributed by atoms with van der Waals surface area (Å²) in [5, 5.41) is 4.28. The number of nitrogens with zero attached hydrogens (tertiary/aromatic N) is 2. The number of unbranched alkanes of at least 4 members (excludes halogenated alkanes) is 5. The summed E-state index contributed by atoms with van der Waals surface area (Å²) >= 11 is 0. The van der Waals surface area contributed by atoms with Gasteiger partial charge >= 0.3 is 0 Å². The van der Waals surface area contributed by atoms with Crippen molar-refractivity contribution < 1.29 is 19.1 Å². The second-order valence-corrected chi connectivity index (χ2v) is 13.0. The Morgan fingerprint density at radius 2 is 1.12 bits per heavy atom. The maximum Gasteiger partial charge on any atom is 0.0794 e. The average Bonchev–Trinajstić information content (AvgIpc) is 2.83. The molecule has 0 N–H and O–H groups in total. The minimum absolute atomic E-state index is 0.0108. The molecule has 2 aliphatic heterocycles. The van der Waals surface area contributed by atoms with Crippen LogP contribution in [0.15, 0.2) is 0 Å². The lowest BCUT2D eigenvalue weighted by Gasteiger charge is -2.44. The van der Waals surface area contributed by atoms with Gasteiger partial charge in [0.2, 0.25) is 0 Å². The molecule has 0 aromatic carbocycles. The van der Waals surface area contributed by atoms with Crippen LogP contribution < -0.4 is 0 Å². The molecule has 2 unspecified atom stereocenters. The molecule has 6 nitrogen and oxygen atoms in total. The molecule has 2 aliphatic rings. The maximum absolute atomic E-state index is 6.32. The third-order valence-electron chi connectivity index (χ3n) is 8.03. The lowest BCUT2D eigenvalue weighted by molar-refractivity contribution is -0.247. The van der Waals surface area contributed by atoms with Crippen molar-refractivity contribution in [3.8, 4) is 0 Å². The van der Waals surface area contributed by atoms with Gasteiger partial charge in [0.25, 0.3) is 0 Å². The van der Waals surface area contributed by atoms with E-state index in [0.717, 1.165) is 51.7 Å². The maximum atomic E-state index is 6.32. The van der Waals surface area contributed by atoms with Crippen molar-refractivity contribution in [2.45, 2.75) is 154 Å². The van der Waals surface area contributed by atoms with Gasteiger partial charge in [-0.3, -0.25) is 0 Å². The zero-order chi connectivity index (χ0) is 25.6. The molecule has 2 saturated heterocycles. The van der Waals surface area contributed by atoms with Crippen LogP contribution in [0, 0.1) is 0 Å². The molecule has 0 bridgehead atoms. The largest absolute Gasteiger partial charge is 0.378 e. The Morgan fingerprint density at radius 1 is 0.618 bits per heavy atom. The molecule has 0 aromatic heterocycles. The number of hydrogen-bond acceptors (Lipinski definition) is 6. The molecule has 6 heteroatoms. The molecule has 2 atom stereocenters. The van der Waals surface area contributed by atoms with Crippen LogP contribution >= 0.6 is 0 Å². The molecule has 202 valence electrons. The summed E-state index contributed by atoms with van der Waals surface area (Å²) < 4.78 is 12.6. The van der Waals surface area contributed by atoms with Crippen LogP contribution in [0.1, 0.15) is 120 Å². The van der Waals surface area contributed by atoms with E-state index in [4.69, 9.17) is 19.1 Å². The number of rotatable bonds is 13. The van der Waals surface area contributed by atoms with Gasteiger partial charge in [-0.1, -0.05) is 25.7 Å². The van der Waals surface area contributed by atoms with Crippen molar-refractivity contribution in [3.63, 3.8) is 0 Å². The lowest BCUT2D eigenvalue weighted by atomic mass is 9.95. The van der Waals surface area contributed by atoms with Gasteiger partial charge in [0, 0.05) is 29.8 Å². The quantitative estimate of drug-likeness (QED) is 0.277. The summed E-state index contributed by atoms with van der Waals surface area (Å²) in [4.78, 5) is 11.4. The predicted molar refractivity (Wildman–Crippen MR) is 140 cm³/mol. The first-order valence-corrected chi connectivity index (χ1v) is 13.7. The van der Waals surface area contributed by atoms with Crippen LogP contribution in [0.3, 0.4) is 0 Å². The minimum atomic E-state index is -0.0948. The lowest BCUT2D eigenvalue weighted by Crippen LogP contribution is -2.53. The smallest absolute Gasteiger partial charge is 0.0794 e. The zero-order valence-corrected chi connectivity index (χ0v) is 24.2. The second kappa shape index (κ2) is 12.3. The Kier molecular flexibility index (Phi) is 10.9. The monoisotopic (exact) mass is 484 g/mol. The van der Waals surface area contributed by atoms with Crippen LogP contribution in [-0.4, -0.2) is 71.9 Å². The van der Waals surface area contributed by atoms with E-state index in [1.165, 1.54) is 25.7 Å². The third-order valence-corrected chi connectivity index (χ3v) is 8.03. The molecule has 34 heavy (non-hydrogen) atoms. The summed E-state index contributed by atoms with van der Waals surface area (Å²) in [6.45, 7) is 19.7. The molecule has 0 aromatic rings. The molecule has 0 aliphatic carbocycles. The van der Waals surface area contributed by atoms with E-state index in [-0.39, 0.29) is 28.3 Å². The number of hydroxylamine groups is 4. The first-order valence-electron chi connectivity index (χ1n) is 13.7. The van der Waals surface area contributed by atoms with E-state index in [2.05, 4.69) is 65.5 Å². The van der Waals surface area contributed by atoms with E-state index < -0.39 is 0 Å². The second-order valence-electron chi connectivity index (χ2n) is 13.0. The molecule has 0 amide bonds. The fourth-order valence-corrected chi connectivity index (χ4v) is 6.64. The highest BCUT2D eigenvalue weighted by molar-refractivity contribution is 5.03. The Balaban J connectivity index is 1.55. The Morgan fingerprint density at radius 3 is 1.65 bits per heavy atom. The van der Waals surface area contributed by atoms with Crippen LogP contribution in [-0.2, 0) is 19.1 Å². The summed E-state index contributed by atoms with van der Waals surface area (Å²) in [6.07, 6.45) is 12.1. The zero-order valence-electron chi connectivity index (χ0n) is 24.2. The molecule has 0 spiro atoms. The fourth-order valence-electron chi connectivity index (χ4n) is 6.64. The van der Waals surface area contributed by atoms with Crippen molar-refractivity contribution in [2.24, 2.45) is 0 Å². The summed E-state index contributed by atoms with van der Waals surface area (Å²) in [5.41, 5.74) is -0.0704. The molecule has 2 fully saturated rings. The van der Waals surface area contributed by atoms with Crippen molar-refractivity contribution >= 4 is 0 Å². The Bertz CT molecular complexity index is 605. The average molecular weight is 485 g/mol. The van der Waals surface area contributed by atoms with Gasteiger partial charge in [-0.2, -0.15) is 10.1 Å². The van der Waals surface area contributed by atoms with Gasteiger partial charge in [0.15, 0.2) is 0 Å². The highest BCUT2D eigenvalue weighted by Gasteiger charge is 2.53. The normalized spacial score (nSPS) is 28.8. The van der Waals surface area contributed by atoms with Crippen LogP contribution in [0.5, 0.6) is 0 Å². The highest BCUT2D eigenvalue weighted by atomic mass is 16.7. The molecule has 0 radical (unpaired) electrons. The van der Waals surface area contributed by atoms with Crippen LogP contribution in [0.25, 0.3) is 0 Å².